The Hall–Kier alpha value is -2.33. The Labute approximate surface area is 178 Å². The number of amides is 2. The molecule has 1 fully saturated rings. The standard InChI is InChI=1S/C24H29ClN2O2/c1-18(24(29)26-22-10-6-3-7-11-22)27(17-20-8-4-2-5-9-20)23(28)16-19-12-14-21(25)15-13-19/h2,4-5,8-9,12-15,18,22H,3,6-7,10-11,16-17H2,1H3,(H,26,29). The zero-order chi connectivity index (χ0) is 20.6. The number of hydrogen-bond donors (Lipinski definition) is 1. The molecule has 1 aliphatic carbocycles. The summed E-state index contributed by atoms with van der Waals surface area (Å²) >= 11 is 5.95. The van der Waals surface area contributed by atoms with Gasteiger partial charge in [-0.05, 0) is 43.0 Å². The number of halogens is 1. The van der Waals surface area contributed by atoms with Crippen molar-refractivity contribution in [2.45, 2.75) is 64.1 Å². The molecule has 154 valence electrons. The highest BCUT2D eigenvalue weighted by Crippen LogP contribution is 2.19. The molecule has 0 heterocycles. The van der Waals surface area contributed by atoms with E-state index in [0.29, 0.717) is 11.6 Å². The second kappa shape index (κ2) is 10.4. The summed E-state index contributed by atoms with van der Waals surface area (Å²) in [7, 11) is 0. The number of rotatable bonds is 7. The molecule has 0 bridgehead atoms. The SMILES string of the molecule is CC(C(=O)NC1CCCCC1)N(Cc1ccccc1)C(=O)Cc1ccc(Cl)cc1. The number of benzene rings is 2. The van der Waals surface area contributed by atoms with Crippen molar-refractivity contribution in [2.24, 2.45) is 0 Å². The van der Waals surface area contributed by atoms with Crippen LogP contribution in [0, 0.1) is 0 Å². The first-order valence-electron chi connectivity index (χ1n) is 10.4. The monoisotopic (exact) mass is 412 g/mol. The lowest BCUT2D eigenvalue weighted by Gasteiger charge is -2.31. The highest BCUT2D eigenvalue weighted by Gasteiger charge is 2.28. The first kappa shape index (κ1) is 21.4. The Morgan fingerprint density at radius 2 is 1.66 bits per heavy atom. The third-order valence-corrected chi connectivity index (χ3v) is 5.84. The van der Waals surface area contributed by atoms with E-state index in [-0.39, 0.29) is 24.3 Å². The molecule has 1 N–H and O–H groups in total. The third-order valence-electron chi connectivity index (χ3n) is 5.58. The average molecular weight is 413 g/mol. The summed E-state index contributed by atoms with van der Waals surface area (Å²) in [6, 6.07) is 16.8. The zero-order valence-electron chi connectivity index (χ0n) is 16.9. The van der Waals surface area contributed by atoms with Gasteiger partial charge in [-0.3, -0.25) is 9.59 Å². The van der Waals surface area contributed by atoms with Gasteiger partial charge in [-0.25, -0.2) is 0 Å². The van der Waals surface area contributed by atoms with Crippen molar-refractivity contribution in [2.75, 3.05) is 0 Å². The summed E-state index contributed by atoms with van der Waals surface area (Å²) < 4.78 is 0. The van der Waals surface area contributed by atoms with Crippen molar-refractivity contribution >= 4 is 23.4 Å². The molecule has 0 spiro atoms. The molecule has 5 heteroatoms. The quantitative estimate of drug-likeness (QED) is 0.713. The van der Waals surface area contributed by atoms with E-state index < -0.39 is 6.04 Å². The van der Waals surface area contributed by atoms with Gasteiger partial charge in [-0.1, -0.05) is 73.3 Å². The van der Waals surface area contributed by atoms with Crippen LogP contribution < -0.4 is 5.32 Å². The van der Waals surface area contributed by atoms with Gasteiger partial charge in [0.1, 0.15) is 6.04 Å². The smallest absolute Gasteiger partial charge is 0.242 e. The van der Waals surface area contributed by atoms with E-state index in [1.807, 2.05) is 49.4 Å². The number of carbonyl (C=O) groups is 2. The fraction of sp³-hybridized carbons (Fsp3) is 0.417. The molecule has 0 aromatic heterocycles. The first-order valence-corrected chi connectivity index (χ1v) is 10.8. The van der Waals surface area contributed by atoms with E-state index in [9.17, 15) is 9.59 Å². The lowest BCUT2D eigenvalue weighted by atomic mass is 9.95. The van der Waals surface area contributed by atoms with E-state index in [1.54, 1.807) is 17.0 Å². The van der Waals surface area contributed by atoms with Gasteiger partial charge in [0.05, 0.1) is 6.42 Å². The molecule has 2 aromatic rings. The van der Waals surface area contributed by atoms with E-state index in [4.69, 9.17) is 11.6 Å². The molecule has 2 aromatic carbocycles. The Morgan fingerprint density at radius 1 is 1.00 bits per heavy atom. The van der Waals surface area contributed by atoms with Crippen molar-refractivity contribution < 1.29 is 9.59 Å². The summed E-state index contributed by atoms with van der Waals surface area (Å²) in [5, 5.41) is 3.80. The van der Waals surface area contributed by atoms with Crippen LogP contribution in [0.15, 0.2) is 54.6 Å². The van der Waals surface area contributed by atoms with Crippen LogP contribution >= 0.6 is 11.6 Å². The number of carbonyl (C=O) groups excluding carboxylic acids is 2. The molecule has 0 saturated heterocycles. The van der Waals surface area contributed by atoms with Gasteiger partial charge in [-0.2, -0.15) is 0 Å². The summed E-state index contributed by atoms with van der Waals surface area (Å²) in [5.74, 6) is -0.139. The molecule has 0 radical (unpaired) electrons. The Bertz CT molecular complexity index is 801. The van der Waals surface area contributed by atoms with Gasteiger partial charge in [0, 0.05) is 17.6 Å². The van der Waals surface area contributed by atoms with Crippen molar-refractivity contribution in [3.63, 3.8) is 0 Å². The maximum Gasteiger partial charge on any atom is 0.242 e. The summed E-state index contributed by atoms with van der Waals surface area (Å²) in [5.41, 5.74) is 1.90. The lowest BCUT2D eigenvalue weighted by molar-refractivity contribution is -0.140. The summed E-state index contributed by atoms with van der Waals surface area (Å²) in [4.78, 5) is 27.8. The molecule has 1 atom stereocenters. The first-order chi connectivity index (χ1) is 14.0. The van der Waals surface area contributed by atoms with E-state index in [1.165, 1.54) is 6.42 Å². The van der Waals surface area contributed by atoms with Crippen LogP contribution in [0.5, 0.6) is 0 Å². The normalized spacial score (nSPS) is 15.5. The predicted molar refractivity (Wildman–Crippen MR) is 117 cm³/mol. The van der Waals surface area contributed by atoms with Gasteiger partial charge >= 0.3 is 0 Å². The van der Waals surface area contributed by atoms with Crippen LogP contribution in [0.4, 0.5) is 0 Å². The van der Waals surface area contributed by atoms with Crippen LogP contribution in [0.1, 0.15) is 50.2 Å². The highest BCUT2D eigenvalue weighted by molar-refractivity contribution is 6.30. The molecule has 0 aliphatic heterocycles. The molecular weight excluding hydrogens is 384 g/mol. The third kappa shape index (κ3) is 6.33. The fourth-order valence-corrected chi connectivity index (χ4v) is 3.94. The second-order valence-electron chi connectivity index (χ2n) is 7.83. The van der Waals surface area contributed by atoms with Gasteiger partial charge < -0.3 is 10.2 Å². The van der Waals surface area contributed by atoms with Crippen LogP contribution in [0.2, 0.25) is 5.02 Å². The average Bonchev–Trinajstić information content (AvgIpc) is 2.74. The molecule has 4 nitrogen and oxygen atoms in total. The maximum absolute atomic E-state index is 13.2. The molecule has 1 saturated carbocycles. The maximum atomic E-state index is 13.2. The van der Waals surface area contributed by atoms with E-state index in [0.717, 1.165) is 36.8 Å². The van der Waals surface area contributed by atoms with Gasteiger partial charge in [-0.15, -0.1) is 0 Å². The molecule has 1 unspecified atom stereocenters. The van der Waals surface area contributed by atoms with Gasteiger partial charge in [0.2, 0.25) is 11.8 Å². The van der Waals surface area contributed by atoms with Crippen molar-refractivity contribution in [1.82, 2.24) is 10.2 Å². The molecule has 1 aliphatic rings. The van der Waals surface area contributed by atoms with Crippen molar-refractivity contribution in [3.8, 4) is 0 Å². The Kier molecular flexibility index (Phi) is 7.70. The number of hydrogen-bond acceptors (Lipinski definition) is 2. The van der Waals surface area contributed by atoms with Crippen LogP contribution in [0.25, 0.3) is 0 Å². The Morgan fingerprint density at radius 3 is 2.31 bits per heavy atom. The topological polar surface area (TPSA) is 49.4 Å². The zero-order valence-corrected chi connectivity index (χ0v) is 17.7. The minimum Gasteiger partial charge on any atom is -0.352 e. The molecular formula is C24H29ClN2O2. The predicted octanol–water partition coefficient (Wildman–Crippen LogP) is 4.75. The fourth-order valence-electron chi connectivity index (χ4n) is 3.81. The van der Waals surface area contributed by atoms with Crippen molar-refractivity contribution in [1.29, 1.82) is 0 Å². The Balaban J connectivity index is 1.72. The van der Waals surface area contributed by atoms with Gasteiger partial charge in [0.25, 0.3) is 0 Å². The van der Waals surface area contributed by atoms with E-state index in [2.05, 4.69) is 5.32 Å². The highest BCUT2D eigenvalue weighted by atomic mass is 35.5. The number of nitrogens with one attached hydrogen (secondary N) is 1. The molecule has 3 rings (SSSR count). The largest absolute Gasteiger partial charge is 0.352 e. The number of nitrogens with zero attached hydrogens (tertiary/aromatic N) is 1. The second-order valence-corrected chi connectivity index (χ2v) is 8.27. The molecule has 2 amide bonds. The minimum atomic E-state index is -0.531. The molecule has 29 heavy (non-hydrogen) atoms. The summed E-state index contributed by atoms with van der Waals surface area (Å²) in [6.45, 7) is 2.23. The van der Waals surface area contributed by atoms with E-state index >= 15 is 0 Å². The van der Waals surface area contributed by atoms with Crippen molar-refractivity contribution in [3.05, 3.63) is 70.7 Å². The van der Waals surface area contributed by atoms with Crippen LogP contribution in [-0.4, -0.2) is 28.8 Å². The van der Waals surface area contributed by atoms with Crippen LogP contribution in [0.3, 0.4) is 0 Å². The van der Waals surface area contributed by atoms with Gasteiger partial charge in [0.15, 0.2) is 0 Å². The lowest BCUT2D eigenvalue weighted by Crippen LogP contribution is -2.50. The summed E-state index contributed by atoms with van der Waals surface area (Å²) in [6.07, 6.45) is 5.84. The van der Waals surface area contributed by atoms with Crippen LogP contribution in [-0.2, 0) is 22.6 Å². The minimum absolute atomic E-state index is 0.0672.